The number of nitrogens with two attached hydrogens (primary N) is 1. The molecule has 0 bridgehead atoms. The molecule has 0 saturated carbocycles. The molecular weight excluding hydrogens is 296 g/mol. The van der Waals surface area contributed by atoms with Crippen molar-refractivity contribution in [2.45, 2.75) is 12.8 Å². The van der Waals surface area contributed by atoms with Crippen LogP contribution >= 0.6 is 11.6 Å². The molecule has 0 atom stereocenters. The zero-order valence-corrected chi connectivity index (χ0v) is 12.2. The fourth-order valence-corrected chi connectivity index (χ4v) is 2.52. The van der Waals surface area contributed by atoms with Crippen molar-refractivity contribution in [3.05, 3.63) is 28.8 Å². The van der Waals surface area contributed by atoms with Crippen molar-refractivity contribution in [3.63, 3.8) is 0 Å². The molecule has 1 aliphatic rings. The molecule has 1 saturated heterocycles. The highest BCUT2D eigenvalue weighted by Crippen LogP contribution is 2.32. The van der Waals surface area contributed by atoms with Gasteiger partial charge in [-0.25, -0.2) is 4.79 Å². The Kier molecular flexibility index (Phi) is 4.82. The summed E-state index contributed by atoms with van der Waals surface area (Å²) in [5, 5.41) is 12.1. The number of rotatable bonds is 4. The first-order valence-electron chi connectivity index (χ1n) is 6.61. The first kappa shape index (κ1) is 15.8. The number of nitrogens with one attached hydrogen (secondary N) is 1. The predicted molar refractivity (Wildman–Crippen MR) is 78.6 cm³/mol. The van der Waals surface area contributed by atoms with Crippen molar-refractivity contribution < 1.29 is 19.4 Å². The molecule has 0 aromatic heterocycles. The second kappa shape index (κ2) is 6.43. The number of hydrogen-bond acceptors (Lipinski definition) is 4. The number of benzene rings is 1. The average Bonchev–Trinajstić information content (AvgIpc) is 2.49. The number of carboxylic acids is 1. The van der Waals surface area contributed by atoms with Gasteiger partial charge in [0.2, 0.25) is 5.91 Å². The second-order valence-corrected chi connectivity index (χ2v) is 5.48. The van der Waals surface area contributed by atoms with Crippen LogP contribution in [0.2, 0.25) is 5.02 Å². The summed E-state index contributed by atoms with van der Waals surface area (Å²) in [6, 6.07) is 4.31. The van der Waals surface area contributed by atoms with E-state index in [1.165, 1.54) is 18.2 Å². The van der Waals surface area contributed by atoms with Crippen LogP contribution in [0.3, 0.4) is 0 Å². The summed E-state index contributed by atoms with van der Waals surface area (Å²) in [4.78, 5) is 23.7. The van der Waals surface area contributed by atoms with Crippen LogP contribution in [-0.4, -0.2) is 36.7 Å². The fraction of sp³-hybridized carbons (Fsp3) is 0.429. The quantitative estimate of drug-likeness (QED) is 0.786. The Morgan fingerprint density at radius 3 is 2.62 bits per heavy atom. The van der Waals surface area contributed by atoms with E-state index in [9.17, 15) is 14.7 Å². The standard InChI is InChI=1S/C14H17ClN2O4/c15-9-1-2-11(10(7-9)12(18)19)17-13(20)14(8-16)3-5-21-6-4-14/h1-2,7H,3-6,8,16H2,(H,17,20)(H,18,19). The van der Waals surface area contributed by atoms with Gasteiger partial charge in [0.1, 0.15) is 0 Å². The van der Waals surface area contributed by atoms with E-state index in [1.807, 2.05) is 0 Å². The van der Waals surface area contributed by atoms with Crippen LogP contribution in [0, 0.1) is 5.41 Å². The molecule has 4 N–H and O–H groups in total. The summed E-state index contributed by atoms with van der Waals surface area (Å²) in [5.74, 6) is -1.43. The van der Waals surface area contributed by atoms with Crippen LogP contribution in [0.4, 0.5) is 5.69 Å². The summed E-state index contributed by atoms with van der Waals surface area (Å²) in [6.45, 7) is 1.13. The van der Waals surface area contributed by atoms with Gasteiger partial charge >= 0.3 is 5.97 Å². The number of halogens is 1. The lowest BCUT2D eigenvalue weighted by molar-refractivity contribution is -0.130. The summed E-state index contributed by atoms with van der Waals surface area (Å²) >= 11 is 5.79. The normalized spacial score (nSPS) is 17.2. The number of anilines is 1. The van der Waals surface area contributed by atoms with Crippen LogP contribution in [0.15, 0.2) is 18.2 Å². The Balaban J connectivity index is 2.24. The Morgan fingerprint density at radius 2 is 2.05 bits per heavy atom. The van der Waals surface area contributed by atoms with E-state index in [-0.39, 0.29) is 23.7 Å². The number of ether oxygens (including phenoxy) is 1. The lowest BCUT2D eigenvalue weighted by Crippen LogP contribution is -2.46. The summed E-state index contributed by atoms with van der Waals surface area (Å²) in [6.07, 6.45) is 1.04. The maximum absolute atomic E-state index is 12.5. The Labute approximate surface area is 127 Å². The molecule has 0 unspecified atom stereocenters. The monoisotopic (exact) mass is 312 g/mol. The van der Waals surface area contributed by atoms with Crippen molar-refractivity contribution >= 4 is 29.2 Å². The first-order chi connectivity index (χ1) is 9.98. The maximum atomic E-state index is 12.5. The van der Waals surface area contributed by atoms with Crippen LogP contribution in [0.25, 0.3) is 0 Å². The van der Waals surface area contributed by atoms with Gasteiger partial charge in [0.25, 0.3) is 0 Å². The molecule has 1 heterocycles. The molecule has 0 spiro atoms. The van der Waals surface area contributed by atoms with Crippen molar-refractivity contribution in [2.75, 3.05) is 25.1 Å². The number of carbonyl (C=O) groups excluding carboxylic acids is 1. The van der Waals surface area contributed by atoms with E-state index in [4.69, 9.17) is 22.1 Å². The number of carbonyl (C=O) groups is 2. The summed E-state index contributed by atoms with van der Waals surface area (Å²) < 4.78 is 5.26. The SMILES string of the molecule is NCC1(C(=O)Nc2ccc(Cl)cc2C(=O)O)CCOCC1. The van der Waals surface area contributed by atoms with E-state index in [0.717, 1.165) is 0 Å². The third kappa shape index (κ3) is 3.34. The lowest BCUT2D eigenvalue weighted by atomic mass is 9.79. The van der Waals surface area contributed by atoms with Crippen molar-refractivity contribution in [3.8, 4) is 0 Å². The van der Waals surface area contributed by atoms with Gasteiger partial charge in [-0.3, -0.25) is 4.79 Å². The third-order valence-corrected chi connectivity index (χ3v) is 4.02. The van der Waals surface area contributed by atoms with E-state index in [1.54, 1.807) is 0 Å². The van der Waals surface area contributed by atoms with Gasteiger partial charge in [0.15, 0.2) is 0 Å². The molecule has 1 aromatic carbocycles. The van der Waals surface area contributed by atoms with Crippen LogP contribution in [0.5, 0.6) is 0 Å². The van der Waals surface area contributed by atoms with Gasteiger partial charge in [0, 0.05) is 24.8 Å². The highest BCUT2D eigenvalue weighted by Gasteiger charge is 2.39. The lowest BCUT2D eigenvalue weighted by Gasteiger charge is -2.34. The summed E-state index contributed by atoms with van der Waals surface area (Å²) in [7, 11) is 0. The number of hydrogen-bond donors (Lipinski definition) is 3. The zero-order valence-electron chi connectivity index (χ0n) is 11.4. The van der Waals surface area contributed by atoms with Gasteiger partial charge in [-0.2, -0.15) is 0 Å². The van der Waals surface area contributed by atoms with Gasteiger partial charge in [-0.1, -0.05) is 11.6 Å². The molecule has 6 nitrogen and oxygen atoms in total. The van der Waals surface area contributed by atoms with E-state index in [2.05, 4.69) is 5.32 Å². The molecular formula is C14H17ClN2O4. The van der Waals surface area contributed by atoms with Gasteiger partial charge < -0.3 is 20.9 Å². The number of aromatic carboxylic acids is 1. The van der Waals surface area contributed by atoms with Crippen molar-refractivity contribution in [2.24, 2.45) is 11.1 Å². The molecule has 114 valence electrons. The maximum Gasteiger partial charge on any atom is 0.337 e. The zero-order chi connectivity index (χ0) is 15.5. The molecule has 21 heavy (non-hydrogen) atoms. The first-order valence-corrected chi connectivity index (χ1v) is 6.98. The molecule has 0 aliphatic carbocycles. The predicted octanol–water partition coefficient (Wildman–Crippen LogP) is 1.73. The van der Waals surface area contributed by atoms with Crippen LogP contribution in [-0.2, 0) is 9.53 Å². The van der Waals surface area contributed by atoms with Crippen LogP contribution in [0.1, 0.15) is 23.2 Å². The van der Waals surface area contributed by atoms with Gasteiger partial charge in [-0.05, 0) is 31.0 Å². The highest BCUT2D eigenvalue weighted by atomic mass is 35.5. The minimum atomic E-state index is -1.15. The second-order valence-electron chi connectivity index (χ2n) is 5.05. The third-order valence-electron chi connectivity index (χ3n) is 3.78. The Hall–Kier alpha value is -1.63. The molecule has 7 heteroatoms. The molecule has 1 aromatic rings. The van der Waals surface area contributed by atoms with Crippen molar-refractivity contribution in [1.29, 1.82) is 0 Å². The minimum Gasteiger partial charge on any atom is -0.478 e. The molecule has 0 radical (unpaired) electrons. The average molecular weight is 313 g/mol. The number of carboxylic acid groups (broad SMARTS) is 1. The topological polar surface area (TPSA) is 102 Å². The fourth-order valence-electron chi connectivity index (χ4n) is 2.34. The largest absolute Gasteiger partial charge is 0.478 e. The van der Waals surface area contributed by atoms with E-state index < -0.39 is 11.4 Å². The van der Waals surface area contributed by atoms with E-state index in [0.29, 0.717) is 31.1 Å². The Bertz CT molecular complexity index is 556. The molecule has 2 rings (SSSR count). The Morgan fingerprint density at radius 1 is 1.38 bits per heavy atom. The molecule has 1 aliphatic heterocycles. The molecule has 1 fully saturated rings. The van der Waals surface area contributed by atoms with Crippen LogP contribution < -0.4 is 11.1 Å². The van der Waals surface area contributed by atoms with Gasteiger partial charge in [-0.15, -0.1) is 0 Å². The molecule has 1 amide bonds. The minimum absolute atomic E-state index is 0.0462. The number of amides is 1. The highest BCUT2D eigenvalue weighted by molar-refractivity contribution is 6.31. The summed E-state index contributed by atoms with van der Waals surface area (Å²) in [5.41, 5.74) is 5.22. The van der Waals surface area contributed by atoms with E-state index >= 15 is 0 Å². The van der Waals surface area contributed by atoms with Crippen molar-refractivity contribution in [1.82, 2.24) is 0 Å². The smallest absolute Gasteiger partial charge is 0.337 e. The van der Waals surface area contributed by atoms with Gasteiger partial charge in [0.05, 0.1) is 16.7 Å².